The first kappa shape index (κ1) is 13.0. The molecule has 0 N–H and O–H groups in total. The van der Waals surface area contributed by atoms with Gasteiger partial charge in [-0.3, -0.25) is 4.98 Å². The molecular weight excluding hydrogens is 271 g/mol. The quantitative estimate of drug-likeness (QED) is 0.791. The average molecular weight is 277 g/mol. The molecule has 0 atom stereocenters. The van der Waals surface area contributed by atoms with Gasteiger partial charge >= 0.3 is 5.97 Å². The standard InChI is InChI=1S/C13H6ClFN2O2/c14-9-4-10(7-17-6-9)19-13(18)11-2-1-8(5-16)3-12(11)15/h1-4,6-7H. The number of carbonyl (C=O) groups is 1. The SMILES string of the molecule is N#Cc1ccc(C(=O)Oc2cncc(Cl)c2)c(F)c1. The van der Waals surface area contributed by atoms with Gasteiger partial charge < -0.3 is 4.74 Å². The van der Waals surface area contributed by atoms with E-state index in [0.29, 0.717) is 5.02 Å². The average Bonchev–Trinajstić information content (AvgIpc) is 2.38. The Hall–Kier alpha value is -2.45. The summed E-state index contributed by atoms with van der Waals surface area (Å²) in [5.74, 6) is -1.59. The van der Waals surface area contributed by atoms with Gasteiger partial charge in [0, 0.05) is 12.3 Å². The molecule has 1 aromatic carbocycles. The highest BCUT2D eigenvalue weighted by Gasteiger charge is 2.15. The Bertz CT molecular complexity index is 683. The maximum atomic E-state index is 13.6. The van der Waals surface area contributed by atoms with Gasteiger partial charge in [-0.15, -0.1) is 0 Å². The van der Waals surface area contributed by atoms with Crippen LogP contribution in [0.2, 0.25) is 5.02 Å². The van der Waals surface area contributed by atoms with E-state index in [-0.39, 0.29) is 16.9 Å². The zero-order valence-electron chi connectivity index (χ0n) is 9.43. The summed E-state index contributed by atoms with van der Waals surface area (Å²) in [5, 5.41) is 8.90. The molecule has 1 heterocycles. The van der Waals surface area contributed by atoms with Crippen molar-refractivity contribution in [1.82, 2.24) is 4.98 Å². The Morgan fingerprint density at radius 2 is 2.16 bits per heavy atom. The predicted octanol–water partition coefficient (Wildman–Crippen LogP) is 2.96. The summed E-state index contributed by atoms with van der Waals surface area (Å²) in [6.07, 6.45) is 2.66. The molecule has 94 valence electrons. The van der Waals surface area contributed by atoms with Crippen LogP contribution in [0.15, 0.2) is 36.7 Å². The number of halogens is 2. The molecule has 0 aliphatic rings. The van der Waals surface area contributed by atoms with Crippen LogP contribution >= 0.6 is 11.6 Å². The number of rotatable bonds is 2. The van der Waals surface area contributed by atoms with Crippen LogP contribution in [0.4, 0.5) is 4.39 Å². The summed E-state index contributed by atoms with van der Waals surface area (Å²) in [5.41, 5.74) is -0.141. The van der Waals surface area contributed by atoms with Crippen LogP contribution in [0, 0.1) is 17.1 Å². The normalized spacial score (nSPS) is 9.74. The summed E-state index contributed by atoms with van der Waals surface area (Å²) in [7, 11) is 0. The van der Waals surface area contributed by atoms with Gasteiger partial charge in [-0.2, -0.15) is 5.26 Å². The van der Waals surface area contributed by atoms with Crippen molar-refractivity contribution in [1.29, 1.82) is 5.26 Å². The van der Waals surface area contributed by atoms with E-state index < -0.39 is 11.8 Å². The van der Waals surface area contributed by atoms with E-state index in [2.05, 4.69) is 4.98 Å². The van der Waals surface area contributed by atoms with E-state index in [9.17, 15) is 9.18 Å². The van der Waals surface area contributed by atoms with Gasteiger partial charge in [-0.05, 0) is 18.2 Å². The number of nitrogens with zero attached hydrogens (tertiary/aromatic N) is 2. The van der Waals surface area contributed by atoms with Gasteiger partial charge in [0.1, 0.15) is 5.82 Å². The van der Waals surface area contributed by atoms with E-state index in [0.717, 1.165) is 6.07 Å². The molecule has 0 unspecified atom stereocenters. The van der Waals surface area contributed by atoms with Crippen molar-refractivity contribution in [3.05, 3.63) is 58.6 Å². The first-order valence-corrected chi connectivity index (χ1v) is 5.50. The molecule has 4 nitrogen and oxygen atoms in total. The van der Waals surface area contributed by atoms with Crippen LogP contribution in [0.1, 0.15) is 15.9 Å². The van der Waals surface area contributed by atoms with Crippen LogP contribution in [-0.2, 0) is 0 Å². The predicted molar refractivity (Wildman–Crippen MR) is 65.3 cm³/mol. The Morgan fingerprint density at radius 1 is 1.37 bits per heavy atom. The molecule has 0 amide bonds. The highest BCUT2D eigenvalue weighted by atomic mass is 35.5. The summed E-state index contributed by atoms with van der Waals surface area (Å²) < 4.78 is 18.5. The number of ether oxygens (including phenoxy) is 1. The minimum absolute atomic E-state index is 0.112. The smallest absolute Gasteiger partial charge is 0.346 e. The molecule has 19 heavy (non-hydrogen) atoms. The van der Waals surface area contributed by atoms with Crippen LogP contribution in [0.5, 0.6) is 5.75 Å². The number of hydrogen-bond donors (Lipinski definition) is 0. The molecule has 0 bridgehead atoms. The van der Waals surface area contributed by atoms with Gasteiger partial charge in [0.05, 0.1) is 28.4 Å². The van der Waals surface area contributed by atoms with Gasteiger partial charge in [-0.1, -0.05) is 11.6 Å². The van der Waals surface area contributed by atoms with Crippen molar-refractivity contribution in [3.8, 4) is 11.8 Å². The molecule has 0 aliphatic heterocycles. The van der Waals surface area contributed by atoms with Gasteiger partial charge in [0.15, 0.2) is 5.75 Å². The fourth-order valence-electron chi connectivity index (χ4n) is 1.36. The van der Waals surface area contributed by atoms with Gasteiger partial charge in [-0.25, -0.2) is 9.18 Å². The number of hydrogen-bond acceptors (Lipinski definition) is 4. The minimum atomic E-state index is -0.883. The first-order valence-electron chi connectivity index (χ1n) is 5.12. The molecule has 0 saturated heterocycles. The topological polar surface area (TPSA) is 63.0 Å². The third kappa shape index (κ3) is 3.06. The molecule has 0 radical (unpaired) electrons. The molecule has 0 aliphatic carbocycles. The monoisotopic (exact) mass is 276 g/mol. The number of pyridine rings is 1. The molecule has 0 spiro atoms. The summed E-state index contributed by atoms with van der Waals surface area (Å²) >= 11 is 5.68. The lowest BCUT2D eigenvalue weighted by Crippen LogP contribution is -2.11. The second-order valence-corrected chi connectivity index (χ2v) is 3.97. The first-order chi connectivity index (χ1) is 9.10. The van der Waals surface area contributed by atoms with Crippen molar-refractivity contribution in [2.45, 2.75) is 0 Å². The van der Waals surface area contributed by atoms with Gasteiger partial charge in [0.2, 0.25) is 0 Å². The van der Waals surface area contributed by atoms with Crippen LogP contribution in [0.3, 0.4) is 0 Å². The Balaban J connectivity index is 2.23. The third-order valence-electron chi connectivity index (χ3n) is 2.21. The maximum Gasteiger partial charge on any atom is 0.346 e. The number of benzene rings is 1. The summed E-state index contributed by atoms with van der Waals surface area (Å²) in [6, 6.07) is 6.64. The fourth-order valence-corrected chi connectivity index (χ4v) is 1.52. The summed E-state index contributed by atoms with van der Waals surface area (Å²) in [4.78, 5) is 15.5. The van der Waals surface area contributed by atoms with Gasteiger partial charge in [0.25, 0.3) is 0 Å². The Morgan fingerprint density at radius 3 is 2.79 bits per heavy atom. The lowest BCUT2D eigenvalue weighted by atomic mass is 10.1. The zero-order chi connectivity index (χ0) is 13.8. The molecule has 0 fully saturated rings. The molecule has 1 aromatic heterocycles. The van der Waals surface area contributed by atoms with Crippen molar-refractivity contribution in [2.24, 2.45) is 0 Å². The number of esters is 1. The molecule has 2 rings (SSSR count). The third-order valence-corrected chi connectivity index (χ3v) is 2.42. The second-order valence-electron chi connectivity index (χ2n) is 3.53. The number of nitriles is 1. The van der Waals surface area contributed by atoms with Crippen molar-refractivity contribution >= 4 is 17.6 Å². The zero-order valence-corrected chi connectivity index (χ0v) is 10.2. The molecule has 0 saturated carbocycles. The molecular formula is C13H6ClFN2O2. The molecule has 6 heteroatoms. The van der Waals surface area contributed by atoms with Crippen LogP contribution in [-0.4, -0.2) is 11.0 Å². The van der Waals surface area contributed by atoms with Crippen LogP contribution < -0.4 is 4.74 Å². The van der Waals surface area contributed by atoms with E-state index in [1.807, 2.05) is 0 Å². The van der Waals surface area contributed by atoms with Crippen molar-refractivity contribution in [3.63, 3.8) is 0 Å². The number of carbonyl (C=O) groups excluding carboxylic acids is 1. The summed E-state index contributed by atoms with van der Waals surface area (Å²) in [6.45, 7) is 0. The van der Waals surface area contributed by atoms with Crippen LogP contribution in [0.25, 0.3) is 0 Å². The Labute approximate surface area is 113 Å². The highest BCUT2D eigenvalue weighted by molar-refractivity contribution is 6.30. The van der Waals surface area contributed by atoms with Crippen molar-refractivity contribution in [2.75, 3.05) is 0 Å². The lowest BCUT2D eigenvalue weighted by molar-refractivity contribution is 0.0729. The van der Waals surface area contributed by atoms with E-state index >= 15 is 0 Å². The highest BCUT2D eigenvalue weighted by Crippen LogP contribution is 2.18. The largest absolute Gasteiger partial charge is 0.421 e. The number of aromatic nitrogens is 1. The van der Waals surface area contributed by atoms with E-state index in [1.54, 1.807) is 6.07 Å². The van der Waals surface area contributed by atoms with E-state index in [4.69, 9.17) is 21.6 Å². The van der Waals surface area contributed by atoms with E-state index in [1.165, 1.54) is 30.6 Å². The second kappa shape index (κ2) is 5.46. The fraction of sp³-hybridized carbons (Fsp3) is 0. The minimum Gasteiger partial charge on any atom is -0.421 e. The Kier molecular flexibility index (Phi) is 3.74. The maximum absolute atomic E-state index is 13.6. The van der Waals surface area contributed by atoms with Crippen molar-refractivity contribution < 1.29 is 13.9 Å². The molecule has 2 aromatic rings. The lowest BCUT2D eigenvalue weighted by Gasteiger charge is -2.05.